The summed E-state index contributed by atoms with van der Waals surface area (Å²) >= 11 is 9.84. The summed E-state index contributed by atoms with van der Waals surface area (Å²) in [5.41, 5.74) is 0. The van der Waals surface area contributed by atoms with E-state index in [1.165, 1.54) is 0 Å². The molecule has 0 rings (SSSR count). The molecule has 0 spiro atoms. The fourth-order valence-corrected chi connectivity index (χ4v) is 0.320. The van der Waals surface area contributed by atoms with Crippen LogP contribution in [0.3, 0.4) is 0 Å². The minimum absolute atomic E-state index is 0.368. The highest BCUT2D eigenvalue weighted by Crippen LogP contribution is 1.97. The fourth-order valence-electron chi connectivity index (χ4n) is 0.167. The van der Waals surface area contributed by atoms with E-state index in [-0.39, 0.29) is 0 Å². The molecule has 0 bridgehead atoms. The molecule has 0 aromatic carbocycles. The molecule has 0 unspecified atom stereocenters. The second-order valence-electron chi connectivity index (χ2n) is 1.02. The molecule has 3 nitrogen and oxygen atoms in total. The Hall–Kier alpha value is -0.150. The van der Waals surface area contributed by atoms with Crippen molar-refractivity contribution in [3.63, 3.8) is 0 Å². The van der Waals surface area contributed by atoms with Crippen molar-refractivity contribution in [2.75, 3.05) is 6.54 Å². The van der Waals surface area contributed by atoms with Crippen molar-refractivity contribution in [3.05, 3.63) is 0 Å². The van der Waals surface area contributed by atoms with Crippen molar-refractivity contribution in [1.82, 2.24) is 4.42 Å². The quantitative estimate of drug-likeness (QED) is 0.544. The highest BCUT2D eigenvalue weighted by molar-refractivity contribution is 6.23. The Morgan fingerprint density at radius 1 is 1.88 bits per heavy atom. The van der Waals surface area contributed by atoms with Gasteiger partial charge < -0.3 is 4.29 Å². The standard InChI is InChI=1S/C3H5Cl2NO2/c1-2-6(4)3(7)8-5/h2H2,1H3. The molecule has 0 aliphatic heterocycles. The Bertz CT molecular complexity index is 87.4. The van der Waals surface area contributed by atoms with E-state index in [9.17, 15) is 4.79 Å². The van der Waals surface area contributed by atoms with Gasteiger partial charge in [-0.1, -0.05) is 0 Å². The zero-order chi connectivity index (χ0) is 6.57. The minimum atomic E-state index is -0.754. The maximum atomic E-state index is 10.2. The van der Waals surface area contributed by atoms with E-state index in [1.807, 2.05) is 0 Å². The first-order valence-corrected chi connectivity index (χ1v) is 2.63. The molecule has 48 valence electrons. The van der Waals surface area contributed by atoms with Crippen molar-refractivity contribution in [2.45, 2.75) is 6.92 Å². The van der Waals surface area contributed by atoms with Crippen molar-refractivity contribution in [3.8, 4) is 0 Å². The van der Waals surface area contributed by atoms with Crippen LogP contribution in [0.2, 0.25) is 0 Å². The molecule has 0 aliphatic carbocycles. The third-order valence-electron chi connectivity index (χ3n) is 0.542. The third kappa shape index (κ3) is 2.23. The average molecular weight is 158 g/mol. The Morgan fingerprint density at radius 3 is 2.50 bits per heavy atom. The van der Waals surface area contributed by atoms with Crippen LogP contribution in [-0.4, -0.2) is 17.1 Å². The van der Waals surface area contributed by atoms with Crippen LogP contribution in [0.25, 0.3) is 0 Å². The zero-order valence-corrected chi connectivity index (χ0v) is 5.74. The lowest BCUT2D eigenvalue weighted by Gasteiger charge is -2.04. The molecule has 0 aromatic rings. The van der Waals surface area contributed by atoms with Crippen LogP contribution in [0.1, 0.15) is 6.92 Å². The third-order valence-corrected chi connectivity index (χ3v) is 1.05. The van der Waals surface area contributed by atoms with E-state index in [4.69, 9.17) is 11.8 Å². The molecule has 0 saturated heterocycles. The van der Waals surface area contributed by atoms with Gasteiger partial charge in [-0.15, -0.1) is 0 Å². The Labute approximate surface area is 57.4 Å². The summed E-state index contributed by atoms with van der Waals surface area (Å²) in [5, 5.41) is 0. The van der Waals surface area contributed by atoms with Crippen LogP contribution in [-0.2, 0) is 4.29 Å². The first-order valence-electron chi connectivity index (χ1n) is 1.98. The van der Waals surface area contributed by atoms with Gasteiger partial charge in [0.25, 0.3) is 0 Å². The van der Waals surface area contributed by atoms with Gasteiger partial charge in [-0.3, -0.25) is 0 Å². The summed E-state index contributed by atoms with van der Waals surface area (Å²) in [4.78, 5) is 10.2. The molecule has 0 saturated carbocycles. The predicted molar refractivity (Wildman–Crippen MR) is 30.6 cm³/mol. The summed E-state index contributed by atoms with van der Waals surface area (Å²) < 4.78 is 4.56. The monoisotopic (exact) mass is 157 g/mol. The molecule has 8 heavy (non-hydrogen) atoms. The highest BCUT2D eigenvalue weighted by Gasteiger charge is 2.07. The van der Waals surface area contributed by atoms with E-state index < -0.39 is 6.09 Å². The van der Waals surface area contributed by atoms with Gasteiger partial charge in [-0.05, 0) is 6.92 Å². The summed E-state index contributed by atoms with van der Waals surface area (Å²) in [7, 11) is 0. The number of amides is 1. The van der Waals surface area contributed by atoms with Crippen molar-refractivity contribution >= 4 is 29.7 Å². The summed E-state index contributed by atoms with van der Waals surface area (Å²) in [5.74, 6) is 0. The van der Waals surface area contributed by atoms with Crippen molar-refractivity contribution in [2.24, 2.45) is 0 Å². The van der Waals surface area contributed by atoms with E-state index in [0.717, 1.165) is 4.42 Å². The molecular formula is C3H5Cl2NO2. The SMILES string of the molecule is CCN(Cl)C(=O)OCl. The van der Waals surface area contributed by atoms with Gasteiger partial charge in [0.2, 0.25) is 0 Å². The lowest BCUT2D eigenvalue weighted by Crippen LogP contribution is -2.18. The maximum Gasteiger partial charge on any atom is 0.442 e. The van der Waals surface area contributed by atoms with Crippen LogP contribution in [0.4, 0.5) is 4.79 Å². The molecule has 0 radical (unpaired) electrons. The van der Waals surface area contributed by atoms with Gasteiger partial charge >= 0.3 is 6.09 Å². The second kappa shape index (κ2) is 3.80. The van der Waals surface area contributed by atoms with Crippen LogP contribution in [0.5, 0.6) is 0 Å². The molecule has 0 aliphatic rings. The number of nitrogens with zero attached hydrogens (tertiary/aromatic N) is 1. The molecule has 0 N–H and O–H groups in total. The van der Waals surface area contributed by atoms with Gasteiger partial charge in [0.1, 0.15) is 11.9 Å². The largest absolute Gasteiger partial charge is 0.442 e. The lowest BCUT2D eigenvalue weighted by molar-refractivity contribution is 0.186. The smallest absolute Gasteiger partial charge is 0.329 e. The first kappa shape index (κ1) is 7.85. The van der Waals surface area contributed by atoms with Gasteiger partial charge in [-0.2, -0.15) is 0 Å². The molecular weight excluding hydrogens is 153 g/mol. The maximum absolute atomic E-state index is 10.2. The van der Waals surface area contributed by atoms with Crippen LogP contribution < -0.4 is 0 Å². The Kier molecular flexibility index (Phi) is 3.73. The Morgan fingerprint density at radius 2 is 2.38 bits per heavy atom. The normalized spacial score (nSPS) is 8.38. The summed E-state index contributed by atoms with van der Waals surface area (Å²) in [6.45, 7) is 2.06. The summed E-state index contributed by atoms with van der Waals surface area (Å²) in [6.07, 6.45) is -0.754. The number of carbonyl (C=O) groups excluding carboxylic acids is 1. The molecule has 1 amide bonds. The highest BCUT2D eigenvalue weighted by atomic mass is 35.5. The molecule has 0 atom stereocenters. The molecule has 5 heteroatoms. The van der Waals surface area contributed by atoms with Crippen molar-refractivity contribution in [1.29, 1.82) is 0 Å². The zero-order valence-electron chi connectivity index (χ0n) is 4.23. The average Bonchev–Trinajstić information content (AvgIpc) is 1.84. The number of hydrogen-bond donors (Lipinski definition) is 0. The number of carbonyl (C=O) groups is 1. The predicted octanol–water partition coefficient (Wildman–Crippen LogP) is 1.75. The van der Waals surface area contributed by atoms with Gasteiger partial charge in [-0.25, -0.2) is 9.21 Å². The van der Waals surface area contributed by atoms with E-state index in [1.54, 1.807) is 6.92 Å². The van der Waals surface area contributed by atoms with E-state index in [2.05, 4.69) is 16.2 Å². The number of hydrogen-bond acceptors (Lipinski definition) is 2. The topological polar surface area (TPSA) is 29.5 Å². The second-order valence-corrected chi connectivity index (χ2v) is 1.58. The van der Waals surface area contributed by atoms with E-state index >= 15 is 0 Å². The fraction of sp³-hybridized carbons (Fsp3) is 0.667. The molecule has 0 fully saturated rings. The van der Waals surface area contributed by atoms with Gasteiger partial charge in [0.15, 0.2) is 0 Å². The van der Waals surface area contributed by atoms with Crippen LogP contribution in [0, 0.1) is 0 Å². The van der Waals surface area contributed by atoms with Gasteiger partial charge in [0.05, 0.1) is 0 Å². The first-order chi connectivity index (χ1) is 3.72. The summed E-state index contributed by atoms with van der Waals surface area (Å²) in [6, 6.07) is 0. The molecule has 0 heterocycles. The minimum Gasteiger partial charge on any atom is -0.329 e. The van der Waals surface area contributed by atoms with Crippen LogP contribution >= 0.6 is 23.6 Å². The van der Waals surface area contributed by atoms with Crippen molar-refractivity contribution < 1.29 is 9.08 Å². The number of halogens is 2. The lowest BCUT2D eigenvalue weighted by atomic mass is 10.8. The molecule has 0 aromatic heterocycles. The Balaban J connectivity index is 3.46. The van der Waals surface area contributed by atoms with E-state index in [0.29, 0.717) is 6.54 Å². The van der Waals surface area contributed by atoms with Gasteiger partial charge in [0, 0.05) is 18.3 Å². The number of rotatable bonds is 1. The van der Waals surface area contributed by atoms with Crippen LogP contribution in [0.15, 0.2) is 0 Å².